The van der Waals surface area contributed by atoms with E-state index in [9.17, 15) is 5.11 Å². The van der Waals surface area contributed by atoms with Crippen LogP contribution in [-0.4, -0.2) is 5.11 Å². The number of hydrogen-bond donors (Lipinski definition) is 1. The Morgan fingerprint density at radius 3 is 2.78 bits per heavy atom. The predicted molar refractivity (Wildman–Crippen MR) is 95.0 cm³/mol. The molecule has 0 radical (unpaired) electrons. The summed E-state index contributed by atoms with van der Waals surface area (Å²) in [7, 11) is 0. The number of phenols is 1. The van der Waals surface area contributed by atoms with Gasteiger partial charge in [0.2, 0.25) is 0 Å². The van der Waals surface area contributed by atoms with Gasteiger partial charge in [0.1, 0.15) is 17.3 Å². The molecule has 0 amide bonds. The van der Waals surface area contributed by atoms with Crippen LogP contribution >= 0.6 is 0 Å². The third-order valence-corrected chi connectivity index (χ3v) is 5.58. The molecule has 1 aliphatic heterocycles. The van der Waals surface area contributed by atoms with Crippen molar-refractivity contribution in [2.24, 2.45) is 5.92 Å². The SMILES string of the molecule is CCCCCc1cc(O)c2c(c1)OC1=C(CC(C)CC1)C2(C)C. The average Bonchev–Trinajstić information content (AvgIpc) is 2.48. The first kappa shape index (κ1) is 16.4. The third kappa shape index (κ3) is 3.00. The average molecular weight is 314 g/mol. The molecule has 1 aromatic rings. The molecule has 3 rings (SSSR count). The zero-order valence-corrected chi connectivity index (χ0v) is 15.0. The molecule has 23 heavy (non-hydrogen) atoms. The van der Waals surface area contributed by atoms with Crippen LogP contribution in [0.4, 0.5) is 0 Å². The largest absolute Gasteiger partial charge is 0.507 e. The molecular formula is C21H30O2. The number of aromatic hydroxyl groups is 1. The van der Waals surface area contributed by atoms with Gasteiger partial charge in [0.05, 0.1) is 0 Å². The number of allylic oxidation sites excluding steroid dienone is 2. The normalized spacial score (nSPS) is 22.3. The molecule has 0 saturated carbocycles. The summed E-state index contributed by atoms with van der Waals surface area (Å²) in [6, 6.07) is 4.12. The van der Waals surface area contributed by atoms with Gasteiger partial charge < -0.3 is 9.84 Å². The molecule has 0 spiro atoms. The lowest BCUT2D eigenvalue weighted by Crippen LogP contribution is -2.31. The monoisotopic (exact) mass is 314 g/mol. The van der Waals surface area contributed by atoms with Crippen LogP contribution in [-0.2, 0) is 11.8 Å². The van der Waals surface area contributed by atoms with Gasteiger partial charge in [-0.1, -0.05) is 40.5 Å². The highest BCUT2D eigenvalue weighted by Crippen LogP contribution is 2.52. The molecule has 1 aliphatic carbocycles. The standard InChI is InChI=1S/C21H30O2/c1-5-6-7-8-15-12-17(22)20-19(13-15)23-18-10-9-14(2)11-16(18)21(20,3)4/h12-14,22H,5-11H2,1-4H3. The molecule has 2 nitrogen and oxygen atoms in total. The molecule has 2 aliphatic rings. The van der Waals surface area contributed by atoms with Crippen LogP contribution in [0.3, 0.4) is 0 Å². The Hall–Kier alpha value is -1.44. The lowest BCUT2D eigenvalue weighted by atomic mass is 9.69. The van der Waals surface area contributed by atoms with Crippen LogP contribution in [0.15, 0.2) is 23.5 Å². The van der Waals surface area contributed by atoms with Gasteiger partial charge in [-0.05, 0) is 54.9 Å². The number of rotatable bonds is 4. The minimum Gasteiger partial charge on any atom is -0.507 e. The zero-order chi connectivity index (χ0) is 16.6. The van der Waals surface area contributed by atoms with Crippen molar-refractivity contribution in [3.05, 3.63) is 34.6 Å². The molecule has 0 bridgehead atoms. The first-order chi connectivity index (χ1) is 10.9. The summed E-state index contributed by atoms with van der Waals surface area (Å²) >= 11 is 0. The number of ether oxygens (including phenoxy) is 1. The zero-order valence-electron chi connectivity index (χ0n) is 15.0. The maximum atomic E-state index is 10.7. The van der Waals surface area contributed by atoms with Gasteiger partial charge in [-0.2, -0.15) is 0 Å². The van der Waals surface area contributed by atoms with E-state index in [1.54, 1.807) is 0 Å². The minimum atomic E-state index is -0.135. The Morgan fingerprint density at radius 1 is 1.26 bits per heavy atom. The van der Waals surface area contributed by atoms with Crippen LogP contribution in [0.1, 0.15) is 77.3 Å². The Morgan fingerprint density at radius 2 is 2.04 bits per heavy atom. The highest BCUT2D eigenvalue weighted by molar-refractivity contribution is 5.58. The highest BCUT2D eigenvalue weighted by Gasteiger charge is 2.40. The van der Waals surface area contributed by atoms with Gasteiger partial charge in [-0.3, -0.25) is 0 Å². The summed E-state index contributed by atoms with van der Waals surface area (Å²) in [5.41, 5.74) is 3.42. The number of aryl methyl sites for hydroxylation is 1. The third-order valence-electron chi connectivity index (χ3n) is 5.58. The molecule has 1 N–H and O–H groups in total. The van der Waals surface area contributed by atoms with Crippen LogP contribution in [0.2, 0.25) is 0 Å². The van der Waals surface area contributed by atoms with Gasteiger partial charge in [-0.25, -0.2) is 0 Å². The number of unbranched alkanes of at least 4 members (excludes halogenated alkanes) is 2. The number of hydrogen-bond acceptors (Lipinski definition) is 2. The van der Waals surface area contributed by atoms with Crippen LogP contribution < -0.4 is 4.74 Å². The van der Waals surface area contributed by atoms with Gasteiger partial charge >= 0.3 is 0 Å². The minimum absolute atomic E-state index is 0.135. The second-order valence-electron chi connectivity index (χ2n) is 7.92. The number of fused-ring (bicyclic) bond motifs is 1. The van der Waals surface area contributed by atoms with Crippen molar-refractivity contribution in [2.45, 2.75) is 78.1 Å². The number of benzene rings is 1. The van der Waals surface area contributed by atoms with Crippen molar-refractivity contribution in [3.63, 3.8) is 0 Å². The van der Waals surface area contributed by atoms with Crippen LogP contribution in [0.5, 0.6) is 11.5 Å². The van der Waals surface area contributed by atoms with E-state index in [2.05, 4.69) is 33.8 Å². The van der Waals surface area contributed by atoms with Crippen molar-refractivity contribution >= 4 is 0 Å². The Balaban J connectivity index is 1.96. The lowest BCUT2D eigenvalue weighted by Gasteiger charge is -2.41. The van der Waals surface area contributed by atoms with Crippen molar-refractivity contribution < 1.29 is 9.84 Å². The smallest absolute Gasteiger partial charge is 0.134 e. The predicted octanol–water partition coefficient (Wildman–Crippen LogP) is 5.87. The summed E-state index contributed by atoms with van der Waals surface area (Å²) in [6.07, 6.45) is 7.95. The Kier molecular flexibility index (Phi) is 4.44. The van der Waals surface area contributed by atoms with Gasteiger partial charge in [0.25, 0.3) is 0 Å². The fraction of sp³-hybridized carbons (Fsp3) is 0.619. The fourth-order valence-corrected chi connectivity index (χ4v) is 4.18. The van der Waals surface area contributed by atoms with Crippen LogP contribution in [0, 0.1) is 5.92 Å². The van der Waals surface area contributed by atoms with E-state index in [4.69, 9.17) is 4.74 Å². The van der Waals surface area contributed by atoms with E-state index in [0.717, 1.165) is 36.3 Å². The van der Waals surface area contributed by atoms with E-state index < -0.39 is 0 Å². The Bertz CT molecular complexity index is 625. The molecule has 1 unspecified atom stereocenters. The van der Waals surface area contributed by atoms with Crippen molar-refractivity contribution in [3.8, 4) is 11.5 Å². The van der Waals surface area contributed by atoms with Gasteiger partial charge in [0, 0.05) is 17.4 Å². The van der Waals surface area contributed by atoms with E-state index in [1.807, 2.05) is 6.07 Å². The molecule has 0 saturated heterocycles. The summed E-state index contributed by atoms with van der Waals surface area (Å²) in [6.45, 7) is 9.00. The second-order valence-corrected chi connectivity index (χ2v) is 7.92. The van der Waals surface area contributed by atoms with Crippen molar-refractivity contribution in [1.29, 1.82) is 0 Å². The first-order valence-electron chi connectivity index (χ1n) is 9.20. The van der Waals surface area contributed by atoms with E-state index in [1.165, 1.54) is 36.8 Å². The van der Waals surface area contributed by atoms with Gasteiger partial charge in [-0.15, -0.1) is 0 Å². The maximum Gasteiger partial charge on any atom is 0.134 e. The van der Waals surface area contributed by atoms with Crippen LogP contribution in [0.25, 0.3) is 0 Å². The van der Waals surface area contributed by atoms with E-state index >= 15 is 0 Å². The van der Waals surface area contributed by atoms with Gasteiger partial charge in [0.15, 0.2) is 0 Å². The van der Waals surface area contributed by atoms with E-state index in [0.29, 0.717) is 11.7 Å². The van der Waals surface area contributed by atoms with Crippen molar-refractivity contribution in [1.82, 2.24) is 0 Å². The number of phenolic OH excluding ortho intramolecular Hbond substituents is 1. The quantitative estimate of drug-likeness (QED) is 0.704. The Labute approximate surface area is 140 Å². The highest BCUT2D eigenvalue weighted by atomic mass is 16.5. The summed E-state index contributed by atoms with van der Waals surface area (Å²) in [5, 5.41) is 10.7. The van der Waals surface area contributed by atoms with E-state index in [-0.39, 0.29) is 5.41 Å². The molecule has 1 heterocycles. The molecular weight excluding hydrogens is 284 g/mol. The molecule has 1 atom stereocenters. The summed E-state index contributed by atoms with van der Waals surface area (Å²) < 4.78 is 6.27. The molecule has 2 heteroatoms. The molecule has 0 fully saturated rings. The topological polar surface area (TPSA) is 29.5 Å². The van der Waals surface area contributed by atoms with Crippen molar-refractivity contribution in [2.75, 3.05) is 0 Å². The lowest BCUT2D eigenvalue weighted by molar-refractivity contribution is 0.290. The summed E-state index contributed by atoms with van der Waals surface area (Å²) in [5.74, 6) is 3.15. The maximum absolute atomic E-state index is 10.7. The molecule has 0 aromatic heterocycles. The molecule has 126 valence electrons. The summed E-state index contributed by atoms with van der Waals surface area (Å²) in [4.78, 5) is 0. The first-order valence-corrected chi connectivity index (χ1v) is 9.20. The fourth-order valence-electron chi connectivity index (χ4n) is 4.18. The second kappa shape index (κ2) is 6.22. The molecule has 1 aromatic carbocycles.